The maximum absolute atomic E-state index is 7.92. The molecule has 0 unspecified atom stereocenters. The van der Waals surface area contributed by atoms with Crippen LogP contribution in [0.25, 0.3) is 43.1 Å². The molecule has 2 aromatic heterocycles. The van der Waals surface area contributed by atoms with Crippen molar-refractivity contribution in [3.05, 3.63) is 154 Å². The summed E-state index contributed by atoms with van der Waals surface area (Å²) in [7, 11) is 0. The molecular weight excluding hydrogens is 825 g/mol. The zero-order valence-corrected chi connectivity index (χ0v) is 40.1. The molecule has 10 atom stereocenters. The molecule has 8 nitrogen and oxygen atoms in total. The van der Waals surface area contributed by atoms with Crippen LogP contribution in [0.1, 0.15) is 118 Å². The number of ether oxygens (including phenoxy) is 2. The first kappa shape index (κ1) is 44.0. The average Bonchev–Trinajstić information content (AvgIpc) is 3.74. The van der Waals surface area contributed by atoms with E-state index < -0.39 is 0 Å². The van der Waals surface area contributed by atoms with E-state index >= 15 is 0 Å². The summed E-state index contributed by atoms with van der Waals surface area (Å²) >= 11 is 0. The highest BCUT2D eigenvalue weighted by Gasteiger charge is 2.44. The summed E-state index contributed by atoms with van der Waals surface area (Å²) < 4.78 is 18.6. The Hall–Kier alpha value is -5.54. The third-order valence-electron chi connectivity index (χ3n) is 17.9. The molecule has 4 aromatic carbocycles. The van der Waals surface area contributed by atoms with Crippen LogP contribution in [0.5, 0.6) is 0 Å². The number of hydrogen-bond donors (Lipinski definition) is 0. The molecule has 0 N–H and O–H groups in total. The molecule has 0 amide bonds. The lowest BCUT2D eigenvalue weighted by atomic mass is 9.64. The van der Waals surface area contributed by atoms with Crippen molar-refractivity contribution in [3.8, 4) is 11.4 Å². The number of nitrogens with zero attached hydrogens (tertiary/aromatic N) is 6. The Kier molecular flexibility index (Phi) is 12.2. The Morgan fingerprint density at radius 1 is 0.567 bits per heavy atom. The van der Waals surface area contributed by atoms with Crippen LogP contribution in [0.2, 0.25) is 0 Å². The summed E-state index contributed by atoms with van der Waals surface area (Å²) in [6, 6.07) is 35.1. The van der Waals surface area contributed by atoms with Gasteiger partial charge in [0.1, 0.15) is 0 Å². The maximum atomic E-state index is 7.92. The smallest absolute Gasteiger partial charge is 0.0988 e. The van der Waals surface area contributed by atoms with Gasteiger partial charge >= 0.3 is 0 Å². The predicted octanol–water partition coefficient (Wildman–Crippen LogP) is 13.6. The fraction of sp³-hybridized carbons (Fsp3) is 0.492. The average molecular weight is 893 g/mol. The summed E-state index contributed by atoms with van der Waals surface area (Å²) in [5.74, 6) is 5.10. The summed E-state index contributed by atoms with van der Waals surface area (Å²) in [6.45, 7) is 30.2. The molecule has 2 aliphatic carbocycles. The minimum atomic E-state index is 0.0829. The summed E-state index contributed by atoms with van der Waals surface area (Å²) in [5.41, 5.74) is 13.0. The normalized spacial score (nSPS) is 29.1. The highest BCUT2D eigenvalue weighted by molar-refractivity contribution is 5.89. The van der Waals surface area contributed by atoms with Crippen molar-refractivity contribution in [2.24, 2.45) is 47.3 Å². The first-order valence-corrected chi connectivity index (χ1v) is 25.7. The quantitative estimate of drug-likeness (QED) is 0.154. The van der Waals surface area contributed by atoms with Crippen LogP contribution in [0.4, 0.5) is 0 Å². The van der Waals surface area contributed by atoms with E-state index in [1.807, 2.05) is 10.0 Å². The largest absolute Gasteiger partial charge is 0.367 e. The summed E-state index contributed by atoms with van der Waals surface area (Å²) in [4.78, 5) is 7.96. The summed E-state index contributed by atoms with van der Waals surface area (Å²) in [5, 5.41) is 6.68. The topological polar surface area (TPSA) is 43.5 Å². The van der Waals surface area contributed by atoms with Crippen molar-refractivity contribution in [1.82, 2.24) is 19.2 Å². The second-order valence-electron chi connectivity index (χ2n) is 21.2. The van der Waals surface area contributed by atoms with Crippen molar-refractivity contribution in [1.29, 1.82) is 0 Å². The van der Waals surface area contributed by atoms with E-state index in [4.69, 9.17) is 22.6 Å². The van der Waals surface area contributed by atoms with Gasteiger partial charge in [-0.2, -0.15) is 23.1 Å². The maximum Gasteiger partial charge on any atom is 0.0988 e. The molecule has 67 heavy (non-hydrogen) atoms. The minimum absolute atomic E-state index is 0.0829. The van der Waals surface area contributed by atoms with Gasteiger partial charge in [0.2, 0.25) is 0 Å². The number of hydrogen-bond acceptors (Lipinski definition) is 4. The molecule has 0 radical (unpaired) electrons. The molecule has 346 valence electrons. The Labute approximate surface area is 398 Å². The molecule has 6 aliphatic rings. The number of para-hydroxylation sites is 4. The molecule has 4 aliphatic heterocycles. The second-order valence-corrected chi connectivity index (χ2v) is 21.2. The number of benzene rings is 4. The standard InChI is InChI=1S/C30H35N3O.C29H33N3O/c1-4-23-20(2)13-14-21-18-32(31-3)16-15-25-24-10-6-8-12-28(24)33-27-11-7-5-9-22(27)19-34-29(30(25)33)17-26(21)23;1-19-12-13-21-17-31(30-3)15-14-24-23-9-5-7-11-27(23)32-26-10-6-4-8-22(26)18-33-28(29(24)32)16-25(21)20(19)2/h5-12,20-21,23,26,29H,4,13-19H2,1-2H3;4-11,19-21,25,28H,12-18H2,1-2H3/t20-,21-,23-,26-,29-;19-,20-,21-,25+,28-/m00/s1. The predicted molar refractivity (Wildman–Crippen MR) is 268 cm³/mol. The van der Waals surface area contributed by atoms with Gasteiger partial charge in [-0.25, -0.2) is 0 Å². The molecule has 6 heterocycles. The van der Waals surface area contributed by atoms with Crippen molar-refractivity contribution in [2.75, 3.05) is 26.2 Å². The molecule has 8 heteroatoms. The zero-order valence-electron chi connectivity index (χ0n) is 40.1. The molecule has 2 saturated carbocycles. The van der Waals surface area contributed by atoms with Gasteiger partial charge in [-0.15, -0.1) is 10.0 Å². The summed E-state index contributed by atoms with van der Waals surface area (Å²) in [6.07, 6.45) is 10.3. The monoisotopic (exact) mass is 893 g/mol. The Morgan fingerprint density at radius 2 is 1.03 bits per heavy atom. The Morgan fingerprint density at radius 3 is 1.55 bits per heavy atom. The van der Waals surface area contributed by atoms with Crippen LogP contribution in [-0.4, -0.2) is 45.3 Å². The van der Waals surface area contributed by atoms with Gasteiger partial charge in [0.15, 0.2) is 0 Å². The lowest BCUT2D eigenvalue weighted by Gasteiger charge is -2.44. The third kappa shape index (κ3) is 7.83. The highest BCUT2D eigenvalue weighted by atomic mass is 16.5. The van der Waals surface area contributed by atoms with Gasteiger partial charge in [0.25, 0.3) is 0 Å². The second kappa shape index (κ2) is 18.5. The molecule has 6 aromatic rings. The van der Waals surface area contributed by atoms with Crippen molar-refractivity contribution >= 4 is 21.8 Å². The molecular formula is C59H68N6O2. The van der Waals surface area contributed by atoms with Crippen LogP contribution in [0.3, 0.4) is 0 Å². The van der Waals surface area contributed by atoms with E-state index in [2.05, 4.69) is 144 Å². The molecule has 0 bridgehead atoms. The van der Waals surface area contributed by atoms with Gasteiger partial charge in [0, 0.05) is 21.9 Å². The van der Waals surface area contributed by atoms with Crippen LogP contribution in [-0.2, 0) is 35.5 Å². The molecule has 0 spiro atoms. The van der Waals surface area contributed by atoms with Crippen molar-refractivity contribution < 1.29 is 9.47 Å². The van der Waals surface area contributed by atoms with Gasteiger partial charge < -0.3 is 18.6 Å². The van der Waals surface area contributed by atoms with E-state index in [-0.39, 0.29) is 12.2 Å². The Balaban J connectivity index is 0.000000148. The van der Waals surface area contributed by atoms with Crippen molar-refractivity contribution in [2.45, 2.75) is 111 Å². The van der Waals surface area contributed by atoms with E-state index in [1.165, 1.54) is 98.9 Å². The first-order chi connectivity index (χ1) is 32.8. The fourth-order valence-corrected chi connectivity index (χ4v) is 14.3. The molecule has 2 fully saturated rings. The Bertz CT molecular complexity index is 2840. The van der Waals surface area contributed by atoms with Gasteiger partial charge in [0.05, 0.1) is 85.4 Å². The SMILES string of the molecule is [C-]#[N+]N1CCc2c3n(c4ccccc24)-c2ccccc2CO[C@H]3C[C@H]2[C@@H](CC[C@H](C)[C@@H]2C)C1.[C-]#[N+]N1CCc2c3n(c4ccccc24)-c2ccccc2CO[C@H]3C[C@H]2[C@@H](CC[C@H](C)[C@@H]2CC)C1. The first-order valence-electron chi connectivity index (χ1n) is 25.7. The number of fused-ring (bicyclic) bond motifs is 12. The lowest BCUT2D eigenvalue weighted by Crippen LogP contribution is -2.40. The van der Waals surface area contributed by atoms with E-state index in [0.29, 0.717) is 48.7 Å². The van der Waals surface area contributed by atoms with Gasteiger partial charge in [-0.05, 0) is 121 Å². The number of rotatable bonds is 1. The minimum Gasteiger partial charge on any atom is -0.367 e. The molecule has 12 rings (SSSR count). The van der Waals surface area contributed by atoms with Crippen molar-refractivity contribution in [3.63, 3.8) is 0 Å². The van der Waals surface area contributed by atoms with Crippen LogP contribution in [0.15, 0.2) is 97.1 Å². The molecule has 0 saturated heterocycles. The van der Waals surface area contributed by atoms with Gasteiger partial charge in [-0.3, -0.25) is 0 Å². The highest BCUT2D eigenvalue weighted by Crippen LogP contribution is 2.51. The van der Waals surface area contributed by atoms with Crippen LogP contribution >= 0.6 is 0 Å². The van der Waals surface area contributed by atoms with E-state index in [1.54, 1.807) is 0 Å². The fourth-order valence-electron chi connectivity index (χ4n) is 14.3. The zero-order chi connectivity index (χ0) is 45.8. The van der Waals surface area contributed by atoms with E-state index in [9.17, 15) is 0 Å². The van der Waals surface area contributed by atoms with Crippen LogP contribution < -0.4 is 0 Å². The van der Waals surface area contributed by atoms with Crippen LogP contribution in [0, 0.1) is 60.5 Å². The van der Waals surface area contributed by atoms with Gasteiger partial charge in [-0.1, -0.05) is 120 Å². The lowest BCUT2D eigenvalue weighted by molar-refractivity contribution is -0.0186. The number of aromatic nitrogens is 2. The van der Waals surface area contributed by atoms with E-state index in [0.717, 1.165) is 63.7 Å². The third-order valence-corrected chi connectivity index (χ3v) is 17.9.